The Morgan fingerprint density at radius 1 is 1.14 bits per heavy atom. The molecule has 4 aromatic rings. The number of pyridine rings is 1. The minimum Gasteiger partial charge on any atom is -0.354 e. The van der Waals surface area contributed by atoms with Crippen LogP contribution in [0.1, 0.15) is 34.7 Å². The van der Waals surface area contributed by atoms with E-state index in [-0.39, 0.29) is 33.9 Å². The van der Waals surface area contributed by atoms with E-state index in [1.807, 2.05) is 19.2 Å². The highest BCUT2D eigenvalue weighted by Gasteiger charge is 2.29. The predicted molar refractivity (Wildman–Crippen MR) is 139 cm³/mol. The van der Waals surface area contributed by atoms with Gasteiger partial charge in [0.1, 0.15) is 10.8 Å². The predicted octanol–water partition coefficient (Wildman–Crippen LogP) is 4.17. The van der Waals surface area contributed by atoms with Gasteiger partial charge in [0.2, 0.25) is 0 Å². The van der Waals surface area contributed by atoms with E-state index < -0.39 is 15.0 Å². The van der Waals surface area contributed by atoms with Gasteiger partial charge in [-0.15, -0.1) is 0 Å². The molecule has 0 atom stereocenters. The summed E-state index contributed by atoms with van der Waals surface area (Å²) in [5.41, 5.74) is 2.75. The van der Waals surface area contributed by atoms with Crippen LogP contribution in [0.4, 0.5) is 15.8 Å². The summed E-state index contributed by atoms with van der Waals surface area (Å²) in [4.78, 5) is 19.2. The molecule has 1 aliphatic heterocycles. The van der Waals surface area contributed by atoms with Crippen molar-refractivity contribution in [1.82, 2.24) is 19.7 Å². The van der Waals surface area contributed by atoms with Crippen molar-refractivity contribution in [2.75, 3.05) is 18.4 Å². The first kappa shape index (κ1) is 25.1. The molecule has 1 amide bonds. The molecule has 9 nitrogen and oxygen atoms in total. The third-order valence-electron chi connectivity index (χ3n) is 6.63. The van der Waals surface area contributed by atoms with Gasteiger partial charge in [-0.05, 0) is 54.7 Å². The van der Waals surface area contributed by atoms with Crippen LogP contribution in [-0.2, 0) is 17.1 Å². The minimum absolute atomic E-state index is 0.106. The molecule has 0 aliphatic carbocycles. The Hall–Kier alpha value is -3.54. The molecule has 0 spiro atoms. The Morgan fingerprint density at radius 3 is 2.51 bits per heavy atom. The number of anilines is 2. The summed E-state index contributed by atoms with van der Waals surface area (Å²) < 4.78 is 39.2. The number of hydrogen-bond donors (Lipinski definition) is 2. The fraction of sp³-hybridized carbons (Fsp3) is 0.240. The maximum Gasteiger partial charge on any atom is 0.257 e. The molecule has 0 bridgehead atoms. The van der Waals surface area contributed by atoms with Gasteiger partial charge in [0, 0.05) is 37.4 Å². The summed E-state index contributed by atoms with van der Waals surface area (Å²) in [6.45, 7) is 0.938. The van der Waals surface area contributed by atoms with Crippen molar-refractivity contribution in [2.24, 2.45) is 12.2 Å². The number of nitrogens with one attached hydrogen (secondary N) is 1. The summed E-state index contributed by atoms with van der Waals surface area (Å²) in [7, 11) is -2.41. The van der Waals surface area contributed by atoms with E-state index in [9.17, 15) is 17.6 Å². The molecule has 2 aromatic carbocycles. The molecular weight excluding hydrogens is 519 g/mol. The molecule has 1 fully saturated rings. The number of nitrogens with two attached hydrogens (primary N) is 1. The molecule has 2 aromatic heterocycles. The third-order valence-corrected chi connectivity index (χ3v) is 7.96. The SMILES string of the molecule is Cn1ncc2cc(Nc3c(C(=O)N4CCC(c5ccc(F)cc5)CC4)cnc(S(N)(=O)=O)c3Cl)ccc21. The topological polar surface area (TPSA) is 123 Å². The van der Waals surface area contributed by atoms with Crippen LogP contribution < -0.4 is 10.5 Å². The van der Waals surface area contributed by atoms with E-state index in [4.69, 9.17) is 16.7 Å². The lowest BCUT2D eigenvalue weighted by Crippen LogP contribution is -2.38. The molecule has 3 heterocycles. The van der Waals surface area contributed by atoms with Gasteiger partial charge in [0.05, 0.1) is 23.0 Å². The Kier molecular flexibility index (Phi) is 6.61. The molecule has 12 heteroatoms. The van der Waals surface area contributed by atoms with E-state index in [2.05, 4.69) is 15.4 Å². The Morgan fingerprint density at radius 2 is 1.84 bits per heavy atom. The lowest BCUT2D eigenvalue weighted by molar-refractivity contribution is 0.0713. The number of primary sulfonamides is 1. The fourth-order valence-electron chi connectivity index (χ4n) is 4.66. The van der Waals surface area contributed by atoms with Crippen molar-refractivity contribution in [2.45, 2.75) is 23.8 Å². The lowest BCUT2D eigenvalue weighted by Gasteiger charge is -2.32. The van der Waals surface area contributed by atoms with Gasteiger partial charge in [0.15, 0.2) is 5.03 Å². The molecule has 1 aliphatic rings. The van der Waals surface area contributed by atoms with Crippen LogP contribution >= 0.6 is 11.6 Å². The first-order valence-electron chi connectivity index (χ1n) is 11.6. The van der Waals surface area contributed by atoms with Gasteiger partial charge in [-0.3, -0.25) is 9.48 Å². The van der Waals surface area contributed by atoms with E-state index in [0.717, 1.165) is 16.5 Å². The van der Waals surface area contributed by atoms with Gasteiger partial charge in [-0.2, -0.15) is 5.10 Å². The van der Waals surface area contributed by atoms with Crippen molar-refractivity contribution in [3.8, 4) is 0 Å². The summed E-state index contributed by atoms with van der Waals surface area (Å²) in [5, 5.41) is 12.7. The zero-order valence-electron chi connectivity index (χ0n) is 19.9. The van der Waals surface area contributed by atoms with Crippen LogP contribution in [0.2, 0.25) is 5.02 Å². The second kappa shape index (κ2) is 9.73. The smallest absolute Gasteiger partial charge is 0.257 e. The Labute approximate surface area is 218 Å². The van der Waals surface area contributed by atoms with Crippen LogP contribution in [0.15, 0.2) is 59.9 Å². The van der Waals surface area contributed by atoms with Crippen molar-refractivity contribution >= 4 is 49.8 Å². The zero-order chi connectivity index (χ0) is 26.3. The van der Waals surface area contributed by atoms with Crippen molar-refractivity contribution in [3.63, 3.8) is 0 Å². The van der Waals surface area contributed by atoms with Gasteiger partial charge >= 0.3 is 0 Å². The average molecular weight is 543 g/mol. The number of sulfonamides is 1. The second-order valence-electron chi connectivity index (χ2n) is 9.00. The van der Waals surface area contributed by atoms with Crippen molar-refractivity contribution < 1.29 is 17.6 Å². The van der Waals surface area contributed by atoms with Crippen LogP contribution in [0.25, 0.3) is 10.9 Å². The number of aromatic nitrogens is 3. The first-order valence-corrected chi connectivity index (χ1v) is 13.5. The molecular formula is C25H24ClFN6O3S. The Balaban J connectivity index is 1.44. The molecule has 37 heavy (non-hydrogen) atoms. The van der Waals surface area contributed by atoms with E-state index >= 15 is 0 Å². The summed E-state index contributed by atoms with van der Waals surface area (Å²) >= 11 is 6.47. The van der Waals surface area contributed by atoms with Crippen molar-refractivity contribution in [3.05, 3.63) is 76.8 Å². The number of likely N-dealkylation sites (tertiary alicyclic amines) is 1. The van der Waals surface area contributed by atoms with E-state index in [1.54, 1.807) is 34.0 Å². The zero-order valence-corrected chi connectivity index (χ0v) is 21.4. The van der Waals surface area contributed by atoms with Crippen LogP contribution in [0.3, 0.4) is 0 Å². The number of carbonyl (C=O) groups is 1. The molecule has 5 rings (SSSR count). The fourth-order valence-corrected chi connectivity index (χ4v) is 5.73. The number of aryl methyl sites for hydroxylation is 1. The molecule has 0 radical (unpaired) electrons. The summed E-state index contributed by atoms with van der Waals surface area (Å²) in [5.74, 6) is -0.413. The maximum atomic E-state index is 13.6. The number of hydrogen-bond acceptors (Lipinski definition) is 6. The van der Waals surface area contributed by atoms with Gasteiger partial charge < -0.3 is 10.2 Å². The minimum atomic E-state index is -4.24. The lowest BCUT2D eigenvalue weighted by atomic mass is 9.89. The molecule has 3 N–H and O–H groups in total. The number of nitrogens with zero attached hydrogens (tertiary/aromatic N) is 4. The van der Waals surface area contributed by atoms with Gasteiger partial charge in [-0.1, -0.05) is 23.7 Å². The number of fused-ring (bicyclic) bond motifs is 1. The highest BCUT2D eigenvalue weighted by Crippen LogP contribution is 2.36. The van der Waals surface area contributed by atoms with Gasteiger partial charge in [-0.25, -0.2) is 22.9 Å². The van der Waals surface area contributed by atoms with E-state index in [1.165, 1.54) is 18.3 Å². The monoisotopic (exact) mass is 542 g/mol. The number of carbonyl (C=O) groups excluding carboxylic acids is 1. The number of piperidine rings is 1. The number of benzene rings is 2. The number of halogens is 2. The quantitative estimate of drug-likeness (QED) is 0.390. The van der Waals surface area contributed by atoms with Crippen LogP contribution in [0, 0.1) is 5.82 Å². The molecule has 0 unspecified atom stereocenters. The Bertz CT molecular complexity index is 1600. The summed E-state index contributed by atoms with van der Waals surface area (Å²) in [6.07, 6.45) is 4.29. The molecule has 0 saturated carbocycles. The van der Waals surface area contributed by atoms with E-state index in [0.29, 0.717) is 31.6 Å². The molecule has 192 valence electrons. The van der Waals surface area contributed by atoms with Crippen LogP contribution in [0.5, 0.6) is 0 Å². The highest BCUT2D eigenvalue weighted by molar-refractivity contribution is 7.89. The maximum absolute atomic E-state index is 13.6. The average Bonchev–Trinajstić information content (AvgIpc) is 3.24. The standard InChI is InChI=1S/C25H24ClFN6O3S/c1-32-21-7-6-19(12-17(21)13-30-32)31-23-20(14-29-24(22(23)26)37(28,35)36)25(34)33-10-8-16(9-11-33)15-2-4-18(27)5-3-15/h2-7,12-14,16H,8-11H2,1H3,(H,29,31)(H2,28,35,36). The third kappa shape index (κ3) is 5.02. The molecule has 1 saturated heterocycles. The number of rotatable bonds is 5. The first-order chi connectivity index (χ1) is 17.6. The van der Waals surface area contributed by atoms with Crippen LogP contribution in [-0.4, -0.2) is 47.1 Å². The second-order valence-corrected chi connectivity index (χ2v) is 10.9. The van der Waals surface area contributed by atoms with Gasteiger partial charge in [0.25, 0.3) is 15.9 Å². The highest BCUT2D eigenvalue weighted by atomic mass is 35.5. The number of amides is 1. The van der Waals surface area contributed by atoms with Crippen molar-refractivity contribution in [1.29, 1.82) is 0 Å². The summed E-state index contributed by atoms with van der Waals surface area (Å²) in [6, 6.07) is 11.9. The normalized spacial score (nSPS) is 14.8. The largest absolute Gasteiger partial charge is 0.354 e.